The second kappa shape index (κ2) is 37.8. The molecule has 0 saturated heterocycles. The van der Waals surface area contributed by atoms with Gasteiger partial charge in [0.05, 0.1) is 0 Å². The molecule has 0 aliphatic rings. The molecule has 1 atom stereocenters. The first-order valence-electron chi connectivity index (χ1n) is 20.0. The first-order valence-corrected chi connectivity index (χ1v) is 20.0. The molecule has 0 heterocycles. The highest BCUT2D eigenvalue weighted by Gasteiger charge is 2.02. The van der Waals surface area contributed by atoms with Gasteiger partial charge in [-0.25, -0.2) is 0 Å². The van der Waals surface area contributed by atoms with Crippen molar-refractivity contribution in [1.82, 2.24) is 0 Å². The molecule has 0 amide bonds. The van der Waals surface area contributed by atoms with E-state index in [-0.39, 0.29) is 0 Å². The normalized spacial score (nSPS) is 12.6. The van der Waals surface area contributed by atoms with E-state index in [1.807, 2.05) is 0 Å². The third-order valence-corrected chi connectivity index (χ3v) is 9.51. The summed E-state index contributed by atoms with van der Waals surface area (Å²) in [5.41, 5.74) is 0. The van der Waals surface area contributed by atoms with Crippen molar-refractivity contribution >= 4 is 0 Å². The summed E-state index contributed by atoms with van der Waals surface area (Å²) in [6, 6.07) is 0. The summed E-state index contributed by atoms with van der Waals surface area (Å²) in [5, 5.41) is 0. The number of hydrogen-bond acceptors (Lipinski definition) is 0. The summed E-state index contributed by atoms with van der Waals surface area (Å²) in [6.45, 7) is 7.12. The summed E-state index contributed by atoms with van der Waals surface area (Å²) in [4.78, 5) is 0. The minimum Gasteiger partial charge on any atom is -0.0885 e. The molecule has 246 valence electrons. The number of unbranched alkanes of at least 4 members (excludes halogenated alkanes) is 30. The van der Waals surface area contributed by atoms with E-state index in [1.54, 1.807) is 0 Å². The fourth-order valence-electron chi connectivity index (χ4n) is 6.46. The Labute approximate surface area is 263 Å². The molecule has 0 aromatic rings. The Morgan fingerprint density at radius 1 is 0.293 bits per heavy atom. The van der Waals surface area contributed by atoms with Gasteiger partial charge < -0.3 is 0 Å². The van der Waals surface area contributed by atoms with Crippen LogP contribution in [0.4, 0.5) is 0 Å². The molecule has 0 bridgehead atoms. The molecule has 0 heteroatoms. The molecule has 41 heavy (non-hydrogen) atoms. The van der Waals surface area contributed by atoms with Crippen molar-refractivity contribution < 1.29 is 0 Å². The smallest absolute Gasteiger partial charge is 0.0351 e. The van der Waals surface area contributed by atoms with E-state index < -0.39 is 0 Å². The van der Waals surface area contributed by atoms with Crippen molar-refractivity contribution in [3.63, 3.8) is 0 Å². The van der Waals surface area contributed by atoms with Crippen LogP contribution in [0.2, 0.25) is 0 Å². The highest BCUT2D eigenvalue weighted by atomic mass is 14.1. The first kappa shape index (κ1) is 40.7. The predicted octanol–water partition coefficient (Wildman–Crippen LogP) is 15.9. The average molecular weight is 575 g/mol. The van der Waals surface area contributed by atoms with Crippen LogP contribution in [0.5, 0.6) is 0 Å². The Morgan fingerprint density at radius 2 is 0.512 bits per heavy atom. The van der Waals surface area contributed by atoms with Crippen LogP contribution < -0.4 is 0 Å². The van der Waals surface area contributed by atoms with E-state index >= 15 is 0 Å². The zero-order valence-electron chi connectivity index (χ0n) is 29.5. The first-order chi connectivity index (χ1) is 20.3. The summed E-state index contributed by atoms with van der Waals surface area (Å²) in [7, 11) is 0. The quantitative estimate of drug-likeness (QED) is 0.0515. The molecular formula is C41H82. The van der Waals surface area contributed by atoms with E-state index in [0.717, 1.165) is 5.92 Å². The van der Waals surface area contributed by atoms with Crippen LogP contribution in [0.15, 0.2) is 12.2 Å². The number of hydrogen-bond donors (Lipinski definition) is 0. The Hall–Kier alpha value is -0.260. The van der Waals surface area contributed by atoms with Crippen LogP contribution in [-0.4, -0.2) is 0 Å². The van der Waals surface area contributed by atoms with E-state index in [4.69, 9.17) is 0 Å². The Morgan fingerprint density at radius 3 is 0.780 bits per heavy atom. The number of allylic oxidation sites excluding steroid dienone is 2. The fraction of sp³-hybridized carbons (Fsp3) is 0.951. The van der Waals surface area contributed by atoms with Crippen LogP contribution in [0.25, 0.3) is 0 Å². The molecule has 0 aromatic carbocycles. The van der Waals surface area contributed by atoms with Gasteiger partial charge in [-0.3, -0.25) is 0 Å². The molecule has 0 rings (SSSR count). The summed E-state index contributed by atoms with van der Waals surface area (Å²) < 4.78 is 0. The third-order valence-electron chi connectivity index (χ3n) is 9.51. The van der Waals surface area contributed by atoms with Crippen LogP contribution in [0, 0.1) is 5.92 Å². The molecule has 0 N–H and O–H groups in total. The second-order valence-electron chi connectivity index (χ2n) is 14.0. The van der Waals surface area contributed by atoms with Crippen LogP contribution in [0.3, 0.4) is 0 Å². The van der Waals surface area contributed by atoms with E-state index in [2.05, 4.69) is 32.9 Å². The molecule has 0 aliphatic heterocycles. The molecule has 0 aromatic heterocycles. The van der Waals surface area contributed by atoms with Gasteiger partial charge in [0.25, 0.3) is 0 Å². The fourth-order valence-corrected chi connectivity index (χ4v) is 6.46. The zero-order valence-corrected chi connectivity index (χ0v) is 29.5. The van der Waals surface area contributed by atoms with Gasteiger partial charge in [-0.15, -0.1) is 0 Å². The van der Waals surface area contributed by atoms with Gasteiger partial charge >= 0.3 is 0 Å². The lowest BCUT2D eigenvalue weighted by molar-refractivity contribution is 0.430. The van der Waals surface area contributed by atoms with Gasteiger partial charge in [0.15, 0.2) is 0 Å². The predicted molar refractivity (Wildman–Crippen MR) is 191 cm³/mol. The average Bonchev–Trinajstić information content (AvgIpc) is 2.98. The van der Waals surface area contributed by atoms with Crippen molar-refractivity contribution in [2.75, 3.05) is 0 Å². The van der Waals surface area contributed by atoms with Gasteiger partial charge in [-0.2, -0.15) is 0 Å². The third kappa shape index (κ3) is 37.7. The molecule has 0 nitrogen and oxygen atoms in total. The van der Waals surface area contributed by atoms with Crippen LogP contribution in [0.1, 0.15) is 245 Å². The van der Waals surface area contributed by atoms with Crippen molar-refractivity contribution in [3.8, 4) is 0 Å². The standard InChI is InChI=1S/C41H82/c1-4-6-8-10-12-14-16-17-18-19-20-21-22-23-24-25-26-27-28-30-32-34-36-38-40-41(3)39-37-35-33-31-29-15-13-11-9-7-5-2/h24-25,41H,4-23,26-40H2,1-3H3. The molecule has 0 aliphatic carbocycles. The highest BCUT2D eigenvalue weighted by molar-refractivity contribution is 4.81. The molecule has 1 unspecified atom stereocenters. The zero-order chi connectivity index (χ0) is 29.7. The maximum atomic E-state index is 2.50. The van der Waals surface area contributed by atoms with Gasteiger partial charge in [-0.1, -0.05) is 232 Å². The maximum absolute atomic E-state index is 2.50. The SMILES string of the molecule is CCCCCCCCCCCCCCCC=CCCCCCCCCCC(C)CCCCCCCCCCCCC. The molecule has 0 saturated carbocycles. The van der Waals surface area contributed by atoms with Crippen LogP contribution in [-0.2, 0) is 0 Å². The lowest BCUT2D eigenvalue weighted by Crippen LogP contribution is -1.95. The lowest BCUT2D eigenvalue weighted by Gasteiger charge is -2.11. The minimum absolute atomic E-state index is 0.958. The molecular weight excluding hydrogens is 492 g/mol. The van der Waals surface area contributed by atoms with Gasteiger partial charge in [0, 0.05) is 0 Å². The van der Waals surface area contributed by atoms with E-state index in [9.17, 15) is 0 Å². The monoisotopic (exact) mass is 575 g/mol. The minimum atomic E-state index is 0.958. The largest absolute Gasteiger partial charge is 0.0885 e. The van der Waals surface area contributed by atoms with Gasteiger partial charge in [0.2, 0.25) is 0 Å². The maximum Gasteiger partial charge on any atom is -0.0351 e. The van der Waals surface area contributed by atoms with Crippen molar-refractivity contribution in [3.05, 3.63) is 12.2 Å². The van der Waals surface area contributed by atoms with E-state index in [1.165, 1.54) is 225 Å². The van der Waals surface area contributed by atoms with Gasteiger partial charge in [-0.05, 0) is 31.6 Å². The summed E-state index contributed by atoms with van der Waals surface area (Å²) in [6.07, 6.45) is 55.8. The second-order valence-corrected chi connectivity index (χ2v) is 14.0. The molecule has 0 radical (unpaired) electrons. The number of rotatable bonds is 36. The summed E-state index contributed by atoms with van der Waals surface area (Å²) >= 11 is 0. The lowest BCUT2D eigenvalue weighted by atomic mass is 9.95. The van der Waals surface area contributed by atoms with Crippen LogP contribution >= 0.6 is 0 Å². The Kier molecular flexibility index (Phi) is 37.5. The van der Waals surface area contributed by atoms with Crippen molar-refractivity contribution in [1.29, 1.82) is 0 Å². The molecule has 0 spiro atoms. The Bertz CT molecular complexity index is 463. The molecule has 0 fully saturated rings. The van der Waals surface area contributed by atoms with Crippen molar-refractivity contribution in [2.45, 2.75) is 245 Å². The highest BCUT2D eigenvalue weighted by Crippen LogP contribution is 2.19. The van der Waals surface area contributed by atoms with E-state index in [0.29, 0.717) is 0 Å². The van der Waals surface area contributed by atoms with Crippen molar-refractivity contribution in [2.24, 2.45) is 5.92 Å². The van der Waals surface area contributed by atoms with Gasteiger partial charge in [0.1, 0.15) is 0 Å². The Balaban J connectivity index is 3.18. The topological polar surface area (TPSA) is 0 Å². The summed E-state index contributed by atoms with van der Waals surface area (Å²) in [5.74, 6) is 0.958.